The number of nitrogens with one attached hydrogen (secondary N) is 1. The van der Waals surface area contributed by atoms with Crippen molar-refractivity contribution in [2.45, 2.75) is 32.8 Å². The van der Waals surface area contributed by atoms with Crippen LogP contribution in [-0.2, 0) is 4.74 Å². The van der Waals surface area contributed by atoms with E-state index in [2.05, 4.69) is 5.32 Å². The number of nitrogens with zero attached hydrogens (tertiary/aromatic N) is 1. The van der Waals surface area contributed by atoms with Crippen LogP contribution in [0.15, 0.2) is 24.5 Å². The van der Waals surface area contributed by atoms with Gasteiger partial charge >= 0.3 is 0 Å². The summed E-state index contributed by atoms with van der Waals surface area (Å²) >= 11 is 0. The van der Waals surface area contributed by atoms with Crippen LogP contribution in [0.2, 0.25) is 0 Å². The molecular formula is C14H18N2O3. The van der Waals surface area contributed by atoms with Gasteiger partial charge in [-0.15, -0.1) is 0 Å². The van der Waals surface area contributed by atoms with Gasteiger partial charge in [0.25, 0.3) is 5.69 Å². The normalized spacial score (nSPS) is 17.9. The average molecular weight is 262 g/mol. The molecule has 19 heavy (non-hydrogen) atoms. The molecule has 1 aliphatic rings. The highest BCUT2D eigenvalue weighted by molar-refractivity contribution is 5.59. The Kier molecular flexibility index (Phi) is 4.04. The molecular weight excluding hydrogens is 244 g/mol. The molecule has 0 radical (unpaired) electrons. The maximum Gasteiger partial charge on any atom is 0.272 e. The molecule has 1 aliphatic heterocycles. The summed E-state index contributed by atoms with van der Waals surface area (Å²) in [4.78, 5) is 10.5. The number of rotatable bonds is 4. The Balaban J connectivity index is 2.06. The number of anilines is 1. The minimum absolute atomic E-state index is 0.167. The van der Waals surface area contributed by atoms with Crippen LogP contribution in [0.4, 0.5) is 11.4 Å². The highest BCUT2D eigenvalue weighted by Crippen LogP contribution is 2.26. The zero-order valence-electron chi connectivity index (χ0n) is 11.2. The van der Waals surface area contributed by atoms with E-state index >= 15 is 0 Å². The number of ether oxygens (including phenoxy) is 1. The Morgan fingerprint density at radius 2 is 2.21 bits per heavy atom. The summed E-state index contributed by atoms with van der Waals surface area (Å²) in [6, 6.07) is 3.44. The first-order chi connectivity index (χ1) is 9.08. The molecule has 2 rings (SSSR count). The summed E-state index contributed by atoms with van der Waals surface area (Å²) in [5.74, 6) is 0. The minimum atomic E-state index is -0.346. The van der Waals surface area contributed by atoms with Crippen LogP contribution in [-0.4, -0.2) is 17.6 Å². The standard InChI is InChI=1S/C14H18N2O3/c1-10-8-14(16(17)18)11(2)7-13(10)15-9-12-5-3-4-6-19-12/h4,6-8,12,15H,3,5,9H2,1-2H3. The summed E-state index contributed by atoms with van der Waals surface area (Å²) in [5.41, 5.74) is 2.65. The molecule has 0 amide bonds. The molecule has 0 aliphatic carbocycles. The molecule has 0 saturated heterocycles. The number of benzene rings is 1. The summed E-state index contributed by atoms with van der Waals surface area (Å²) < 4.78 is 5.48. The third-order valence-corrected chi connectivity index (χ3v) is 3.28. The lowest BCUT2D eigenvalue weighted by Crippen LogP contribution is -2.23. The predicted molar refractivity (Wildman–Crippen MR) is 74.3 cm³/mol. The Morgan fingerprint density at radius 3 is 2.84 bits per heavy atom. The fourth-order valence-electron chi connectivity index (χ4n) is 2.15. The lowest BCUT2D eigenvalue weighted by atomic mass is 10.1. The van der Waals surface area contributed by atoms with Crippen molar-refractivity contribution >= 4 is 11.4 Å². The van der Waals surface area contributed by atoms with Crippen LogP contribution in [0.1, 0.15) is 24.0 Å². The van der Waals surface area contributed by atoms with Gasteiger partial charge in [0.15, 0.2) is 0 Å². The predicted octanol–water partition coefficient (Wildman–Crippen LogP) is 3.32. The van der Waals surface area contributed by atoms with Crippen molar-refractivity contribution in [1.29, 1.82) is 0 Å². The van der Waals surface area contributed by atoms with E-state index in [1.807, 2.05) is 19.1 Å². The van der Waals surface area contributed by atoms with Crippen LogP contribution in [0.3, 0.4) is 0 Å². The van der Waals surface area contributed by atoms with Crippen LogP contribution in [0.5, 0.6) is 0 Å². The summed E-state index contributed by atoms with van der Waals surface area (Å²) in [7, 11) is 0. The maximum absolute atomic E-state index is 10.8. The Bertz CT molecular complexity index is 512. The molecule has 102 valence electrons. The van der Waals surface area contributed by atoms with Crippen molar-refractivity contribution in [3.05, 3.63) is 45.7 Å². The first kappa shape index (κ1) is 13.4. The number of aryl methyl sites for hydroxylation is 2. The van der Waals surface area contributed by atoms with E-state index in [9.17, 15) is 10.1 Å². The maximum atomic E-state index is 10.8. The van der Waals surface area contributed by atoms with Gasteiger partial charge in [-0.05, 0) is 44.4 Å². The Labute approximate surface area is 112 Å². The van der Waals surface area contributed by atoms with E-state index in [4.69, 9.17) is 4.74 Å². The zero-order valence-corrected chi connectivity index (χ0v) is 11.2. The van der Waals surface area contributed by atoms with Crippen molar-refractivity contribution in [2.75, 3.05) is 11.9 Å². The Morgan fingerprint density at radius 1 is 1.42 bits per heavy atom. The van der Waals surface area contributed by atoms with Crippen LogP contribution in [0.25, 0.3) is 0 Å². The lowest BCUT2D eigenvalue weighted by Gasteiger charge is -2.21. The molecule has 1 atom stereocenters. The number of hydrogen-bond donors (Lipinski definition) is 1. The van der Waals surface area contributed by atoms with Gasteiger partial charge < -0.3 is 10.1 Å². The van der Waals surface area contributed by atoms with Crippen LogP contribution >= 0.6 is 0 Å². The van der Waals surface area contributed by atoms with Crippen LogP contribution in [0, 0.1) is 24.0 Å². The number of allylic oxidation sites excluding steroid dienone is 1. The smallest absolute Gasteiger partial charge is 0.272 e. The second kappa shape index (κ2) is 5.73. The van der Waals surface area contributed by atoms with Gasteiger partial charge in [-0.1, -0.05) is 0 Å². The monoisotopic (exact) mass is 262 g/mol. The molecule has 1 unspecified atom stereocenters. The third kappa shape index (κ3) is 3.24. The molecule has 5 heteroatoms. The molecule has 1 aromatic rings. The molecule has 0 saturated carbocycles. The van der Waals surface area contributed by atoms with Crippen molar-refractivity contribution in [1.82, 2.24) is 0 Å². The second-order valence-corrected chi connectivity index (χ2v) is 4.80. The van der Waals surface area contributed by atoms with Gasteiger partial charge in [0.1, 0.15) is 6.10 Å². The summed E-state index contributed by atoms with van der Waals surface area (Å²) in [6.45, 7) is 4.33. The van der Waals surface area contributed by atoms with E-state index in [-0.39, 0.29) is 16.7 Å². The SMILES string of the molecule is Cc1cc([N+](=O)[O-])c(C)cc1NCC1CCC=CO1. The summed E-state index contributed by atoms with van der Waals surface area (Å²) in [6.07, 6.45) is 5.95. The lowest BCUT2D eigenvalue weighted by molar-refractivity contribution is -0.385. The Hall–Kier alpha value is -2.04. The van der Waals surface area contributed by atoms with Crippen LogP contribution < -0.4 is 5.32 Å². The quantitative estimate of drug-likeness (QED) is 0.667. The minimum Gasteiger partial charge on any atom is -0.497 e. The average Bonchev–Trinajstić information content (AvgIpc) is 2.40. The highest BCUT2D eigenvalue weighted by atomic mass is 16.6. The fourth-order valence-corrected chi connectivity index (χ4v) is 2.15. The zero-order chi connectivity index (χ0) is 13.8. The van der Waals surface area contributed by atoms with E-state index in [1.54, 1.807) is 19.3 Å². The van der Waals surface area contributed by atoms with E-state index in [0.29, 0.717) is 12.1 Å². The molecule has 0 aromatic heterocycles. The largest absolute Gasteiger partial charge is 0.497 e. The van der Waals surface area contributed by atoms with Crippen molar-refractivity contribution in [2.24, 2.45) is 0 Å². The first-order valence-corrected chi connectivity index (χ1v) is 6.38. The van der Waals surface area contributed by atoms with E-state index < -0.39 is 0 Å². The third-order valence-electron chi connectivity index (χ3n) is 3.28. The van der Waals surface area contributed by atoms with Gasteiger partial charge in [0.2, 0.25) is 0 Å². The number of nitro groups is 1. The van der Waals surface area contributed by atoms with E-state index in [0.717, 1.165) is 24.1 Å². The van der Waals surface area contributed by atoms with Gasteiger partial charge in [0, 0.05) is 17.3 Å². The van der Waals surface area contributed by atoms with Crippen molar-refractivity contribution in [3.8, 4) is 0 Å². The second-order valence-electron chi connectivity index (χ2n) is 4.80. The highest BCUT2D eigenvalue weighted by Gasteiger charge is 2.15. The summed E-state index contributed by atoms with van der Waals surface area (Å²) in [5, 5.41) is 14.2. The topological polar surface area (TPSA) is 64.4 Å². The number of nitro benzene ring substituents is 1. The van der Waals surface area contributed by atoms with Crippen molar-refractivity contribution in [3.63, 3.8) is 0 Å². The first-order valence-electron chi connectivity index (χ1n) is 6.38. The van der Waals surface area contributed by atoms with Gasteiger partial charge in [-0.3, -0.25) is 10.1 Å². The molecule has 0 spiro atoms. The van der Waals surface area contributed by atoms with Crippen molar-refractivity contribution < 1.29 is 9.66 Å². The van der Waals surface area contributed by atoms with Gasteiger partial charge in [-0.25, -0.2) is 0 Å². The molecule has 1 heterocycles. The molecule has 0 bridgehead atoms. The molecule has 5 nitrogen and oxygen atoms in total. The fraction of sp³-hybridized carbons (Fsp3) is 0.429. The van der Waals surface area contributed by atoms with Gasteiger partial charge in [-0.2, -0.15) is 0 Å². The van der Waals surface area contributed by atoms with Gasteiger partial charge in [0.05, 0.1) is 17.7 Å². The molecule has 1 N–H and O–H groups in total. The molecule has 0 fully saturated rings. The molecule has 1 aromatic carbocycles. The van der Waals surface area contributed by atoms with E-state index in [1.165, 1.54) is 0 Å². The number of hydrogen-bond acceptors (Lipinski definition) is 4.